The Morgan fingerprint density at radius 2 is 1.65 bits per heavy atom. The fourth-order valence-corrected chi connectivity index (χ4v) is 4.31. The molecule has 0 aliphatic rings. The van der Waals surface area contributed by atoms with E-state index in [0.29, 0.717) is 29.1 Å². The van der Waals surface area contributed by atoms with Gasteiger partial charge in [-0.3, -0.25) is 9.78 Å². The van der Waals surface area contributed by atoms with Gasteiger partial charge in [0.05, 0.1) is 11.2 Å². The second kappa shape index (κ2) is 10.4. The Hall–Kier alpha value is -4.91. The predicted octanol–water partition coefficient (Wildman–Crippen LogP) is 6.42. The summed E-state index contributed by atoms with van der Waals surface area (Å²) >= 11 is 0. The van der Waals surface area contributed by atoms with Crippen LogP contribution in [-0.2, 0) is 6.54 Å². The summed E-state index contributed by atoms with van der Waals surface area (Å²) in [7, 11) is 0. The minimum absolute atomic E-state index is 0.244. The van der Waals surface area contributed by atoms with Crippen LogP contribution in [0.2, 0.25) is 0 Å². The van der Waals surface area contributed by atoms with Crippen LogP contribution in [0.1, 0.15) is 27.2 Å². The third-order valence-corrected chi connectivity index (χ3v) is 6.08. The van der Waals surface area contributed by atoms with E-state index in [4.69, 9.17) is 0 Å². The van der Waals surface area contributed by atoms with Crippen molar-refractivity contribution in [1.29, 1.82) is 0 Å². The number of rotatable bonds is 6. The number of hydrogen-bond donors (Lipinski definition) is 4. The molecule has 0 saturated carbocycles. The number of amides is 3. The average molecular weight is 490 g/mol. The molecular weight excluding hydrogens is 462 g/mol. The molecule has 0 aliphatic heterocycles. The number of carbonyl (C=O) groups is 2. The number of H-pyrrole nitrogens is 1. The molecule has 0 saturated heterocycles. The zero-order valence-electron chi connectivity index (χ0n) is 20.6. The minimum Gasteiger partial charge on any atom is -0.348 e. The number of fused-ring (bicyclic) bond motifs is 1. The molecular formula is C30H27N5O2. The Labute approximate surface area is 215 Å². The SMILES string of the molecule is Cc1ccc(NC(=O)Nc2cc(C)cc3c(-c4ccccc4)c(C(=O)NCc4cccnc4)[nH]c23)cc1. The van der Waals surface area contributed by atoms with Gasteiger partial charge in [-0.1, -0.05) is 54.1 Å². The zero-order valence-corrected chi connectivity index (χ0v) is 20.6. The van der Waals surface area contributed by atoms with E-state index in [9.17, 15) is 9.59 Å². The Bertz CT molecular complexity index is 1560. The number of urea groups is 1. The highest BCUT2D eigenvalue weighted by Crippen LogP contribution is 2.37. The van der Waals surface area contributed by atoms with Gasteiger partial charge in [-0.15, -0.1) is 0 Å². The van der Waals surface area contributed by atoms with Crippen LogP contribution >= 0.6 is 0 Å². The molecule has 0 bridgehead atoms. The fourth-order valence-electron chi connectivity index (χ4n) is 4.31. The molecule has 3 amide bonds. The first-order valence-corrected chi connectivity index (χ1v) is 12.0. The van der Waals surface area contributed by atoms with Crippen LogP contribution in [-0.4, -0.2) is 21.9 Å². The summed E-state index contributed by atoms with van der Waals surface area (Å²) in [4.78, 5) is 33.7. The van der Waals surface area contributed by atoms with Crippen LogP contribution in [0.3, 0.4) is 0 Å². The molecule has 0 aliphatic carbocycles. The lowest BCUT2D eigenvalue weighted by atomic mass is 10.00. The number of pyridine rings is 1. The Morgan fingerprint density at radius 1 is 0.865 bits per heavy atom. The van der Waals surface area contributed by atoms with E-state index < -0.39 is 0 Å². The molecule has 2 heterocycles. The molecule has 5 aromatic rings. The van der Waals surface area contributed by atoms with Crippen molar-refractivity contribution in [1.82, 2.24) is 15.3 Å². The highest BCUT2D eigenvalue weighted by Gasteiger charge is 2.22. The Kier molecular flexibility index (Phi) is 6.68. The van der Waals surface area contributed by atoms with Crippen LogP contribution in [0.5, 0.6) is 0 Å². The van der Waals surface area contributed by atoms with Crippen LogP contribution in [0.4, 0.5) is 16.2 Å². The number of aromatic amines is 1. The van der Waals surface area contributed by atoms with Gasteiger partial charge in [0.15, 0.2) is 0 Å². The van der Waals surface area contributed by atoms with Crippen molar-refractivity contribution in [3.05, 3.63) is 114 Å². The zero-order chi connectivity index (χ0) is 25.8. The first-order valence-electron chi connectivity index (χ1n) is 12.0. The minimum atomic E-state index is -0.366. The second-order valence-electron chi connectivity index (χ2n) is 8.97. The number of carbonyl (C=O) groups excluding carboxylic acids is 2. The highest BCUT2D eigenvalue weighted by atomic mass is 16.2. The quantitative estimate of drug-likeness (QED) is 0.221. The molecule has 37 heavy (non-hydrogen) atoms. The topological polar surface area (TPSA) is 98.9 Å². The number of benzene rings is 3. The van der Waals surface area contributed by atoms with Crippen LogP contribution < -0.4 is 16.0 Å². The van der Waals surface area contributed by atoms with Gasteiger partial charge in [-0.25, -0.2) is 4.79 Å². The van der Waals surface area contributed by atoms with Crippen molar-refractivity contribution in [2.24, 2.45) is 0 Å². The molecule has 0 radical (unpaired) electrons. The summed E-state index contributed by atoms with van der Waals surface area (Å²) in [5, 5.41) is 9.66. The van der Waals surface area contributed by atoms with Gasteiger partial charge >= 0.3 is 6.03 Å². The normalized spacial score (nSPS) is 10.8. The van der Waals surface area contributed by atoms with Gasteiger partial charge < -0.3 is 20.9 Å². The van der Waals surface area contributed by atoms with Gasteiger partial charge in [0.25, 0.3) is 5.91 Å². The standard InChI is InChI=1S/C30H27N5O2/c1-19-10-12-23(13-11-19)33-30(37)34-25-16-20(2)15-24-26(22-8-4-3-5-9-22)28(35-27(24)25)29(36)32-18-21-7-6-14-31-17-21/h3-17,35H,18H2,1-2H3,(H,32,36)(H2,33,34,37). The maximum Gasteiger partial charge on any atom is 0.323 e. The molecule has 3 aromatic carbocycles. The number of anilines is 2. The van der Waals surface area contributed by atoms with Gasteiger partial charge in [0, 0.05) is 35.6 Å². The van der Waals surface area contributed by atoms with E-state index in [0.717, 1.165) is 33.2 Å². The Morgan fingerprint density at radius 3 is 2.38 bits per heavy atom. The van der Waals surface area contributed by atoms with Gasteiger partial charge in [-0.2, -0.15) is 0 Å². The summed E-state index contributed by atoms with van der Waals surface area (Å²) in [5.41, 5.74) is 7.04. The smallest absolute Gasteiger partial charge is 0.323 e. The van der Waals surface area contributed by atoms with Crippen molar-refractivity contribution in [2.75, 3.05) is 10.6 Å². The first-order chi connectivity index (χ1) is 18.0. The van der Waals surface area contributed by atoms with Gasteiger partial charge in [0.1, 0.15) is 5.69 Å². The summed E-state index contributed by atoms with van der Waals surface area (Å²) < 4.78 is 0. The van der Waals surface area contributed by atoms with E-state index in [2.05, 4.69) is 25.9 Å². The van der Waals surface area contributed by atoms with E-state index in [1.165, 1.54) is 0 Å². The number of nitrogens with one attached hydrogen (secondary N) is 4. The van der Waals surface area contributed by atoms with E-state index in [1.807, 2.05) is 92.7 Å². The largest absolute Gasteiger partial charge is 0.348 e. The van der Waals surface area contributed by atoms with E-state index in [-0.39, 0.29) is 11.9 Å². The third-order valence-electron chi connectivity index (χ3n) is 6.08. The number of nitrogens with zero attached hydrogens (tertiary/aromatic N) is 1. The fraction of sp³-hybridized carbons (Fsp3) is 0.100. The van der Waals surface area contributed by atoms with Crippen LogP contribution in [0.15, 0.2) is 91.3 Å². The summed E-state index contributed by atoms with van der Waals surface area (Å²) in [5.74, 6) is -0.244. The van der Waals surface area contributed by atoms with Crippen LogP contribution in [0.25, 0.3) is 22.0 Å². The third kappa shape index (κ3) is 5.36. The summed E-state index contributed by atoms with van der Waals surface area (Å²) in [6.45, 7) is 4.30. The van der Waals surface area contributed by atoms with E-state index >= 15 is 0 Å². The van der Waals surface area contributed by atoms with Gasteiger partial charge in [-0.05, 0) is 60.9 Å². The van der Waals surface area contributed by atoms with Crippen LogP contribution in [0, 0.1) is 13.8 Å². The monoisotopic (exact) mass is 489 g/mol. The lowest BCUT2D eigenvalue weighted by Crippen LogP contribution is -2.23. The van der Waals surface area contributed by atoms with Gasteiger partial charge in [0.2, 0.25) is 0 Å². The lowest BCUT2D eigenvalue weighted by molar-refractivity contribution is 0.0947. The molecule has 0 fully saturated rings. The van der Waals surface area contributed by atoms with Crippen molar-refractivity contribution in [2.45, 2.75) is 20.4 Å². The molecule has 0 unspecified atom stereocenters. The molecule has 5 rings (SSSR count). The molecule has 0 spiro atoms. The molecule has 7 heteroatoms. The first kappa shape index (κ1) is 23.8. The molecule has 0 atom stereocenters. The molecule has 4 N–H and O–H groups in total. The summed E-state index contributed by atoms with van der Waals surface area (Å²) in [6, 6.07) is 24.6. The van der Waals surface area contributed by atoms with Crippen molar-refractivity contribution in [3.8, 4) is 11.1 Å². The number of aryl methyl sites for hydroxylation is 2. The van der Waals surface area contributed by atoms with E-state index in [1.54, 1.807) is 12.4 Å². The molecule has 2 aromatic heterocycles. The maximum absolute atomic E-state index is 13.4. The Balaban J connectivity index is 1.52. The lowest BCUT2D eigenvalue weighted by Gasteiger charge is -2.10. The maximum atomic E-state index is 13.4. The summed E-state index contributed by atoms with van der Waals surface area (Å²) in [6.07, 6.45) is 3.42. The highest BCUT2D eigenvalue weighted by molar-refractivity contribution is 6.14. The second-order valence-corrected chi connectivity index (χ2v) is 8.97. The number of aromatic nitrogens is 2. The molecule has 184 valence electrons. The van der Waals surface area contributed by atoms with Crippen molar-refractivity contribution >= 4 is 34.2 Å². The molecule has 7 nitrogen and oxygen atoms in total. The predicted molar refractivity (Wildman–Crippen MR) is 148 cm³/mol. The average Bonchev–Trinajstić information content (AvgIpc) is 3.29. The van der Waals surface area contributed by atoms with Crippen molar-refractivity contribution in [3.63, 3.8) is 0 Å². The van der Waals surface area contributed by atoms with Crippen molar-refractivity contribution < 1.29 is 9.59 Å². The number of hydrogen-bond acceptors (Lipinski definition) is 3.